The first kappa shape index (κ1) is 19.1. The summed E-state index contributed by atoms with van der Waals surface area (Å²) in [7, 11) is 1.30. The van der Waals surface area contributed by atoms with E-state index in [1.165, 1.54) is 24.1 Å². The van der Waals surface area contributed by atoms with Crippen molar-refractivity contribution in [1.29, 1.82) is 0 Å². The topological polar surface area (TPSA) is 84.5 Å². The van der Waals surface area contributed by atoms with E-state index < -0.39 is 17.8 Å². The van der Waals surface area contributed by atoms with Crippen LogP contribution in [-0.2, 0) is 19.7 Å². The number of hydrogen-bond donors (Lipinski definition) is 2. The third-order valence-corrected chi connectivity index (χ3v) is 6.08. The molecule has 1 saturated carbocycles. The van der Waals surface area contributed by atoms with Crippen LogP contribution in [0.25, 0.3) is 0 Å². The number of benzene rings is 1. The van der Waals surface area contributed by atoms with Crippen molar-refractivity contribution in [2.24, 2.45) is 0 Å². The number of hydrogen-bond acceptors (Lipinski definition) is 5. The second kappa shape index (κ2) is 8.35. The molecule has 1 heterocycles. The van der Waals surface area contributed by atoms with Crippen molar-refractivity contribution in [1.82, 2.24) is 5.32 Å². The normalized spacial score (nSPS) is 15.1. The van der Waals surface area contributed by atoms with Crippen molar-refractivity contribution in [3.8, 4) is 0 Å². The molecule has 0 bridgehead atoms. The maximum absolute atomic E-state index is 12.2. The van der Waals surface area contributed by atoms with E-state index in [1.807, 2.05) is 11.4 Å². The Morgan fingerprint density at radius 1 is 1.07 bits per heavy atom. The Morgan fingerprint density at radius 3 is 2.37 bits per heavy atom. The van der Waals surface area contributed by atoms with Gasteiger partial charge in [-0.05, 0) is 48.6 Å². The molecule has 1 fully saturated rings. The van der Waals surface area contributed by atoms with Crippen molar-refractivity contribution >= 4 is 34.8 Å². The van der Waals surface area contributed by atoms with Gasteiger partial charge in [0, 0.05) is 22.5 Å². The van der Waals surface area contributed by atoms with Crippen molar-refractivity contribution in [2.75, 3.05) is 19.0 Å². The van der Waals surface area contributed by atoms with Gasteiger partial charge in [0.15, 0.2) is 0 Å². The van der Waals surface area contributed by atoms with Gasteiger partial charge in [-0.3, -0.25) is 9.59 Å². The molecule has 6 nitrogen and oxygen atoms in total. The number of rotatable bonds is 5. The van der Waals surface area contributed by atoms with E-state index in [0.29, 0.717) is 17.8 Å². The summed E-state index contributed by atoms with van der Waals surface area (Å²) in [6.07, 6.45) is 4.30. The third-order valence-electron chi connectivity index (χ3n) is 4.96. The molecule has 142 valence electrons. The maximum Gasteiger partial charge on any atom is 0.337 e. The lowest BCUT2D eigenvalue weighted by atomic mass is 9.84. The quantitative estimate of drug-likeness (QED) is 0.611. The Balaban J connectivity index is 1.57. The summed E-state index contributed by atoms with van der Waals surface area (Å²) >= 11 is 1.70. The second-order valence-corrected chi connectivity index (χ2v) is 7.62. The average molecular weight is 386 g/mol. The Labute approximate surface area is 161 Å². The van der Waals surface area contributed by atoms with Crippen LogP contribution in [0, 0.1) is 0 Å². The van der Waals surface area contributed by atoms with Crippen LogP contribution >= 0.6 is 11.3 Å². The molecule has 3 rings (SSSR count). The first-order valence-electron chi connectivity index (χ1n) is 8.86. The van der Waals surface area contributed by atoms with Crippen LogP contribution in [0.2, 0.25) is 0 Å². The molecule has 2 N–H and O–H groups in total. The van der Waals surface area contributed by atoms with E-state index >= 15 is 0 Å². The summed E-state index contributed by atoms with van der Waals surface area (Å²) in [6, 6.07) is 10.3. The van der Waals surface area contributed by atoms with Gasteiger partial charge in [-0.2, -0.15) is 0 Å². The predicted molar refractivity (Wildman–Crippen MR) is 104 cm³/mol. The molecule has 0 atom stereocenters. The van der Waals surface area contributed by atoms with Crippen LogP contribution in [0.1, 0.15) is 40.9 Å². The molecule has 0 saturated heterocycles. The lowest BCUT2D eigenvalue weighted by Crippen LogP contribution is -2.43. The summed E-state index contributed by atoms with van der Waals surface area (Å²) in [5, 5.41) is 7.39. The molecule has 1 aromatic heterocycles. The van der Waals surface area contributed by atoms with Gasteiger partial charge in [-0.25, -0.2) is 4.79 Å². The predicted octanol–water partition coefficient (Wildman–Crippen LogP) is 3.10. The summed E-state index contributed by atoms with van der Waals surface area (Å²) in [5.74, 6) is -1.84. The summed E-state index contributed by atoms with van der Waals surface area (Å²) in [5.41, 5.74) is 0.752. The number of carbonyl (C=O) groups excluding carboxylic acids is 3. The van der Waals surface area contributed by atoms with E-state index in [-0.39, 0.29) is 5.41 Å². The summed E-state index contributed by atoms with van der Waals surface area (Å²) in [4.78, 5) is 37.1. The fraction of sp³-hybridized carbons (Fsp3) is 0.350. The van der Waals surface area contributed by atoms with Crippen LogP contribution in [-0.4, -0.2) is 31.4 Å². The minimum Gasteiger partial charge on any atom is -0.465 e. The highest BCUT2D eigenvalue weighted by Gasteiger charge is 2.37. The number of amides is 2. The van der Waals surface area contributed by atoms with Gasteiger partial charge in [0.05, 0.1) is 12.7 Å². The first-order chi connectivity index (χ1) is 13.0. The number of anilines is 1. The molecule has 1 aliphatic rings. The van der Waals surface area contributed by atoms with E-state index in [9.17, 15) is 14.4 Å². The number of methoxy groups -OCH3 is 1. The highest BCUT2D eigenvalue weighted by atomic mass is 32.1. The van der Waals surface area contributed by atoms with Crippen molar-refractivity contribution in [3.05, 3.63) is 52.2 Å². The third kappa shape index (κ3) is 4.36. The Bertz CT molecular complexity index is 809. The van der Waals surface area contributed by atoms with Crippen LogP contribution in [0.5, 0.6) is 0 Å². The van der Waals surface area contributed by atoms with Gasteiger partial charge in [0.25, 0.3) is 0 Å². The fourth-order valence-corrected chi connectivity index (χ4v) is 4.45. The zero-order valence-corrected chi connectivity index (χ0v) is 15.9. The average Bonchev–Trinajstić information content (AvgIpc) is 3.38. The second-order valence-electron chi connectivity index (χ2n) is 6.67. The molecule has 2 amide bonds. The van der Waals surface area contributed by atoms with Gasteiger partial charge in [-0.15, -0.1) is 11.3 Å². The van der Waals surface area contributed by atoms with E-state index in [2.05, 4.69) is 21.4 Å². The lowest BCUT2D eigenvalue weighted by Gasteiger charge is -2.28. The number of ether oxygens (including phenoxy) is 1. The highest BCUT2D eigenvalue weighted by Crippen LogP contribution is 2.42. The molecule has 1 aromatic carbocycles. The molecular formula is C20H22N2O4S. The Morgan fingerprint density at radius 2 is 1.78 bits per heavy atom. The standard InChI is InChI=1S/C20H22N2O4S/c1-26-19(25)14-6-8-15(9-7-14)22-18(24)17(23)21-13-20(10-2-3-11-20)16-5-4-12-27-16/h4-9,12H,2-3,10-11,13H2,1H3,(H,21,23)(H,22,24). The Kier molecular flexibility index (Phi) is 5.91. The zero-order valence-electron chi connectivity index (χ0n) is 15.1. The molecule has 1 aliphatic carbocycles. The molecule has 0 unspecified atom stereocenters. The molecular weight excluding hydrogens is 364 g/mol. The summed E-state index contributed by atoms with van der Waals surface area (Å²) < 4.78 is 4.63. The minimum atomic E-state index is -0.722. The van der Waals surface area contributed by atoms with E-state index in [4.69, 9.17) is 0 Å². The smallest absolute Gasteiger partial charge is 0.337 e. The summed E-state index contributed by atoms with van der Waals surface area (Å²) in [6.45, 7) is 0.459. The first-order valence-corrected chi connectivity index (χ1v) is 9.74. The number of thiophene rings is 1. The van der Waals surface area contributed by atoms with E-state index in [0.717, 1.165) is 25.7 Å². The zero-order chi connectivity index (χ0) is 19.3. The fourth-order valence-electron chi connectivity index (χ4n) is 3.47. The molecule has 27 heavy (non-hydrogen) atoms. The minimum absolute atomic E-state index is 0.0632. The number of nitrogens with one attached hydrogen (secondary N) is 2. The van der Waals surface area contributed by atoms with Crippen molar-refractivity contribution in [3.63, 3.8) is 0 Å². The van der Waals surface area contributed by atoms with Gasteiger partial charge >= 0.3 is 17.8 Å². The van der Waals surface area contributed by atoms with Crippen LogP contribution in [0.15, 0.2) is 41.8 Å². The number of esters is 1. The van der Waals surface area contributed by atoms with Crippen LogP contribution in [0.4, 0.5) is 5.69 Å². The molecule has 0 aliphatic heterocycles. The number of carbonyl (C=O) groups is 3. The monoisotopic (exact) mass is 386 g/mol. The largest absolute Gasteiger partial charge is 0.465 e. The molecule has 0 radical (unpaired) electrons. The molecule has 0 spiro atoms. The van der Waals surface area contributed by atoms with Gasteiger partial charge in [0.1, 0.15) is 0 Å². The molecule has 7 heteroatoms. The highest BCUT2D eigenvalue weighted by molar-refractivity contribution is 7.10. The molecule has 2 aromatic rings. The van der Waals surface area contributed by atoms with Crippen LogP contribution in [0.3, 0.4) is 0 Å². The van der Waals surface area contributed by atoms with Gasteiger partial charge < -0.3 is 15.4 Å². The Hall–Kier alpha value is -2.67. The maximum atomic E-state index is 12.2. The van der Waals surface area contributed by atoms with Crippen LogP contribution < -0.4 is 10.6 Å². The van der Waals surface area contributed by atoms with E-state index in [1.54, 1.807) is 23.5 Å². The lowest BCUT2D eigenvalue weighted by molar-refractivity contribution is -0.136. The SMILES string of the molecule is COC(=O)c1ccc(NC(=O)C(=O)NCC2(c3cccs3)CCCC2)cc1. The van der Waals surface area contributed by atoms with Crippen molar-refractivity contribution < 1.29 is 19.1 Å². The van der Waals surface area contributed by atoms with Crippen molar-refractivity contribution in [2.45, 2.75) is 31.1 Å². The van der Waals surface area contributed by atoms with Gasteiger partial charge in [-0.1, -0.05) is 18.9 Å². The van der Waals surface area contributed by atoms with Gasteiger partial charge in [0.2, 0.25) is 0 Å².